The first-order chi connectivity index (χ1) is 16.9. The highest BCUT2D eigenvalue weighted by Gasteiger charge is 2.15. The molecule has 4 rings (SSSR count). The number of carbonyl (C=O) groups excluding carboxylic acids is 1. The number of fused-ring (bicyclic) bond motifs is 1. The number of carbonyl (C=O) groups is 1. The van der Waals surface area contributed by atoms with Crippen molar-refractivity contribution in [3.8, 4) is 11.5 Å². The average molecular weight is 495 g/mol. The normalized spacial score (nSPS) is 11.1. The molecule has 180 valence electrons. The average Bonchev–Trinajstić information content (AvgIpc) is 3.33. The van der Waals surface area contributed by atoms with Crippen LogP contribution in [-0.2, 0) is 17.1 Å². The van der Waals surface area contributed by atoms with Crippen LogP contribution in [0.15, 0.2) is 62.9 Å². The molecular weight excluding hydrogens is 472 g/mol. The molecule has 0 radical (unpaired) electrons. The molecule has 4 aromatic rings. The van der Waals surface area contributed by atoms with Gasteiger partial charge in [-0.25, -0.2) is 4.98 Å². The van der Waals surface area contributed by atoms with E-state index < -0.39 is 4.92 Å². The molecule has 12 heteroatoms. The maximum Gasteiger partial charge on any atom is 0.269 e. The summed E-state index contributed by atoms with van der Waals surface area (Å²) in [6.45, 7) is 0.454. The van der Waals surface area contributed by atoms with E-state index >= 15 is 0 Å². The number of aromatic nitrogens is 4. The van der Waals surface area contributed by atoms with Crippen molar-refractivity contribution in [2.24, 2.45) is 5.73 Å². The number of unbranched alkanes of at least 4 members (excludes halogenated alkanes) is 2. The lowest BCUT2D eigenvalue weighted by Gasteiger charge is -2.12. The monoisotopic (exact) mass is 494 g/mol. The Morgan fingerprint density at radius 1 is 1.09 bits per heavy atom. The van der Waals surface area contributed by atoms with Gasteiger partial charge in [0.05, 0.1) is 21.6 Å². The highest BCUT2D eigenvalue weighted by Crippen LogP contribution is 2.25. The molecule has 2 aromatic heterocycles. The van der Waals surface area contributed by atoms with E-state index in [0.29, 0.717) is 53.3 Å². The van der Waals surface area contributed by atoms with E-state index in [1.165, 1.54) is 23.9 Å². The van der Waals surface area contributed by atoms with Gasteiger partial charge in [0.1, 0.15) is 0 Å². The van der Waals surface area contributed by atoms with Crippen LogP contribution in [0.5, 0.6) is 0 Å². The smallest absolute Gasteiger partial charge is 0.269 e. The fourth-order valence-electron chi connectivity index (χ4n) is 3.48. The molecule has 0 saturated heterocycles. The first-order valence-corrected chi connectivity index (χ1v) is 11.9. The molecule has 0 fully saturated rings. The van der Waals surface area contributed by atoms with Crippen LogP contribution in [0.3, 0.4) is 0 Å². The van der Waals surface area contributed by atoms with Gasteiger partial charge in [0.15, 0.2) is 5.16 Å². The quantitative estimate of drug-likeness (QED) is 0.108. The summed E-state index contributed by atoms with van der Waals surface area (Å²) in [4.78, 5) is 39.1. The lowest BCUT2D eigenvalue weighted by atomic mass is 10.2. The first kappa shape index (κ1) is 24.1. The van der Waals surface area contributed by atoms with Crippen LogP contribution < -0.4 is 11.3 Å². The highest BCUT2D eigenvalue weighted by atomic mass is 32.2. The zero-order valence-corrected chi connectivity index (χ0v) is 19.4. The topological polar surface area (TPSA) is 160 Å². The number of thioether (sulfide) groups is 1. The number of nitro benzene ring substituents is 1. The summed E-state index contributed by atoms with van der Waals surface area (Å²) in [5.74, 6) is 0.526. The van der Waals surface area contributed by atoms with Crippen LogP contribution in [0.25, 0.3) is 22.4 Å². The van der Waals surface area contributed by atoms with Gasteiger partial charge >= 0.3 is 0 Å². The van der Waals surface area contributed by atoms with Crippen LogP contribution in [0.4, 0.5) is 5.69 Å². The summed E-state index contributed by atoms with van der Waals surface area (Å²) >= 11 is 1.30. The molecule has 2 aromatic carbocycles. The minimum absolute atomic E-state index is 0.0287. The van der Waals surface area contributed by atoms with Crippen molar-refractivity contribution in [1.29, 1.82) is 0 Å². The maximum atomic E-state index is 13.1. The van der Waals surface area contributed by atoms with Gasteiger partial charge in [-0.3, -0.25) is 24.3 Å². The number of primary amides is 1. The van der Waals surface area contributed by atoms with Gasteiger partial charge in [0.2, 0.25) is 17.7 Å². The minimum atomic E-state index is -0.479. The number of benzene rings is 2. The number of amides is 1. The summed E-state index contributed by atoms with van der Waals surface area (Å²) in [7, 11) is 0. The Morgan fingerprint density at radius 3 is 2.60 bits per heavy atom. The molecule has 0 atom stereocenters. The number of nitrogens with zero attached hydrogens (tertiary/aromatic N) is 5. The number of hydrogen-bond donors (Lipinski definition) is 1. The van der Waals surface area contributed by atoms with Crippen molar-refractivity contribution in [3.05, 3.63) is 74.9 Å². The Hall–Kier alpha value is -4.06. The summed E-state index contributed by atoms with van der Waals surface area (Å²) in [6.07, 6.45) is 2.45. The number of rotatable bonds is 11. The summed E-state index contributed by atoms with van der Waals surface area (Å²) in [5.41, 5.74) is 6.20. The molecule has 0 unspecified atom stereocenters. The van der Waals surface area contributed by atoms with Gasteiger partial charge < -0.3 is 10.2 Å². The predicted octanol–water partition coefficient (Wildman–Crippen LogP) is 3.69. The number of nitrogens with two attached hydrogens (primary N) is 1. The Balaban J connectivity index is 1.50. The molecule has 2 N–H and O–H groups in total. The van der Waals surface area contributed by atoms with Crippen molar-refractivity contribution in [3.63, 3.8) is 0 Å². The van der Waals surface area contributed by atoms with Gasteiger partial charge in [-0.15, -0.1) is 10.2 Å². The number of non-ortho nitro benzene ring substituents is 1. The van der Waals surface area contributed by atoms with Crippen LogP contribution in [0, 0.1) is 10.1 Å². The fourth-order valence-corrected chi connectivity index (χ4v) is 4.34. The molecule has 35 heavy (non-hydrogen) atoms. The molecule has 0 bridgehead atoms. The van der Waals surface area contributed by atoms with Crippen molar-refractivity contribution in [2.45, 2.75) is 43.1 Å². The molecule has 0 aliphatic carbocycles. The zero-order chi connectivity index (χ0) is 24.8. The predicted molar refractivity (Wildman–Crippen MR) is 130 cm³/mol. The third-order valence-electron chi connectivity index (χ3n) is 5.25. The van der Waals surface area contributed by atoms with Crippen LogP contribution >= 0.6 is 11.8 Å². The number of hydrogen-bond acceptors (Lipinski definition) is 9. The van der Waals surface area contributed by atoms with Crippen LogP contribution in [0.2, 0.25) is 0 Å². The molecule has 2 heterocycles. The molecule has 11 nitrogen and oxygen atoms in total. The second kappa shape index (κ2) is 10.9. The minimum Gasteiger partial charge on any atom is -0.420 e. The van der Waals surface area contributed by atoms with E-state index in [1.807, 2.05) is 6.07 Å². The van der Waals surface area contributed by atoms with Crippen LogP contribution in [-0.4, -0.2) is 30.6 Å². The van der Waals surface area contributed by atoms with E-state index in [4.69, 9.17) is 10.2 Å². The second-order valence-electron chi connectivity index (χ2n) is 7.74. The molecule has 0 aliphatic rings. The zero-order valence-electron chi connectivity index (χ0n) is 18.6. The third-order valence-corrected chi connectivity index (χ3v) is 6.21. The van der Waals surface area contributed by atoms with Crippen molar-refractivity contribution < 1.29 is 14.1 Å². The van der Waals surface area contributed by atoms with Crippen molar-refractivity contribution in [2.75, 3.05) is 0 Å². The highest BCUT2D eigenvalue weighted by molar-refractivity contribution is 7.98. The van der Waals surface area contributed by atoms with E-state index in [-0.39, 0.29) is 28.8 Å². The molecule has 0 saturated carbocycles. The Labute approximate surface area is 203 Å². The van der Waals surface area contributed by atoms with E-state index in [9.17, 15) is 19.7 Å². The molecule has 0 spiro atoms. The fraction of sp³-hybridized carbons (Fsp3) is 0.261. The van der Waals surface area contributed by atoms with Gasteiger partial charge in [0.25, 0.3) is 11.2 Å². The molecule has 1 amide bonds. The standard InChI is InChI=1S/C23H22N6O5S/c24-19(30)8-2-1-5-13-28-22(31)17-6-3-4-7-18(17)25-23(28)35-14-20-26-27-21(34-20)15-9-11-16(12-10-15)29(32)33/h3-4,6-7,9-12H,1-2,5,8,13-14H2,(H2,24,30). The van der Waals surface area contributed by atoms with E-state index in [1.54, 1.807) is 34.9 Å². The number of nitro groups is 1. The lowest BCUT2D eigenvalue weighted by molar-refractivity contribution is -0.384. The van der Waals surface area contributed by atoms with Crippen molar-refractivity contribution in [1.82, 2.24) is 19.7 Å². The first-order valence-electron chi connectivity index (χ1n) is 10.9. The lowest BCUT2D eigenvalue weighted by Crippen LogP contribution is -2.23. The van der Waals surface area contributed by atoms with Gasteiger partial charge in [-0.2, -0.15) is 0 Å². The largest absolute Gasteiger partial charge is 0.420 e. The van der Waals surface area contributed by atoms with E-state index in [0.717, 1.165) is 6.42 Å². The summed E-state index contributed by atoms with van der Waals surface area (Å²) in [5, 5.41) is 20.0. The number of para-hydroxylation sites is 1. The van der Waals surface area contributed by atoms with E-state index in [2.05, 4.69) is 15.2 Å². The second-order valence-corrected chi connectivity index (χ2v) is 8.68. The Kier molecular flexibility index (Phi) is 7.51. The molecule has 0 aliphatic heterocycles. The Bertz CT molecular complexity index is 1420. The third kappa shape index (κ3) is 5.90. The molecular formula is C23H22N6O5S. The Morgan fingerprint density at radius 2 is 1.86 bits per heavy atom. The summed E-state index contributed by atoms with van der Waals surface area (Å²) in [6, 6.07) is 13.0. The maximum absolute atomic E-state index is 13.1. The summed E-state index contributed by atoms with van der Waals surface area (Å²) < 4.78 is 7.34. The van der Waals surface area contributed by atoms with Crippen LogP contribution in [0.1, 0.15) is 31.6 Å². The van der Waals surface area contributed by atoms with Gasteiger partial charge in [0, 0.05) is 30.7 Å². The van der Waals surface area contributed by atoms with Gasteiger partial charge in [-0.1, -0.05) is 30.3 Å². The van der Waals surface area contributed by atoms with Crippen molar-refractivity contribution >= 4 is 34.3 Å². The van der Waals surface area contributed by atoms with Gasteiger partial charge in [-0.05, 0) is 37.1 Å². The SMILES string of the molecule is NC(=O)CCCCCn1c(SCc2nnc(-c3ccc([N+](=O)[O-])cc3)o2)nc2ccccc2c1=O.